The third-order valence-electron chi connectivity index (χ3n) is 4.02. The molecule has 4 atom stereocenters. The predicted octanol–water partition coefficient (Wildman–Crippen LogP) is 0.287. The van der Waals surface area contributed by atoms with Crippen LogP contribution in [0.15, 0.2) is 18.3 Å². The Labute approximate surface area is 126 Å². The Hall–Kier alpha value is -1.41. The normalized spacial score (nSPS) is 29.7. The summed E-state index contributed by atoms with van der Waals surface area (Å²) in [6.07, 6.45) is 1.07. The number of nitrogens with one attached hydrogen (secondary N) is 1. The van der Waals surface area contributed by atoms with Gasteiger partial charge in [-0.25, -0.2) is 4.52 Å². The van der Waals surface area contributed by atoms with Gasteiger partial charge in [0.1, 0.15) is 11.6 Å². The highest BCUT2D eigenvalue weighted by Crippen LogP contribution is 2.28. The average molecular weight is 313 g/mol. The second-order valence-electron chi connectivity index (χ2n) is 5.32. The van der Waals surface area contributed by atoms with Gasteiger partial charge in [-0.2, -0.15) is 4.98 Å². The zero-order valence-corrected chi connectivity index (χ0v) is 12.0. The van der Waals surface area contributed by atoms with Gasteiger partial charge in [0, 0.05) is 18.7 Å². The van der Waals surface area contributed by atoms with E-state index in [0.717, 1.165) is 5.52 Å². The standard InChI is InChI=1S/C13H17ClN4O3/c14-13-16-12(9-2-1-5-18(9)17-13)15-8-4-3-7(6-19)10(20)11(8)21/h1-2,5,7-8,10-11,19-21H,3-4,6H2,(H,15,16,17)/t7?,8-,10?,11?/m0/s1. The summed E-state index contributed by atoms with van der Waals surface area (Å²) >= 11 is 5.88. The van der Waals surface area contributed by atoms with Crippen molar-refractivity contribution in [2.75, 3.05) is 11.9 Å². The lowest BCUT2D eigenvalue weighted by Crippen LogP contribution is -2.50. The molecule has 2 heterocycles. The molecule has 0 radical (unpaired) electrons. The quantitative estimate of drug-likeness (QED) is 0.649. The van der Waals surface area contributed by atoms with Gasteiger partial charge in [0.15, 0.2) is 5.82 Å². The van der Waals surface area contributed by atoms with E-state index in [1.54, 1.807) is 10.7 Å². The van der Waals surface area contributed by atoms with Gasteiger partial charge in [-0.15, -0.1) is 5.10 Å². The minimum Gasteiger partial charge on any atom is -0.396 e. The number of aliphatic hydroxyl groups excluding tert-OH is 3. The second kappa shape index (κ2) is 5.76. The summed E-state index contributed by atoms with van der Waals surface area (Å²) in [5.41, 5.74) is 0.741. The van der Waals surface area contributed by atoms with Crippen LogP contribution in [0.3, 0.4) is 0 Å². The summed E-state index contributed by atoms with van der Waals surface area (Å²) in [5, 5.41) is 36.6. The van der Waals surface area contributed by atoms with E-state index in [1.807, 2.05) is 12.1 Å². The third kappa shape index (κ3) is 2.69. The van der Waals surface area contributed by atoms with Gasteiger partial charge in [0.05, 0.1) is 12.1 Å². The first-order valence-corrected chi connectivity index (χ1v) is 7.22. The van der Waals surface area contributed by atoms with Gasteiger partial charge in [-0.1, -0.05) is 0 Å². The van der Waals surface area contributed by atoms with Gasteiger partial charge in [0.2, 0.25) is 5.28 Å². The average Bonchev–Trinajstić information content (AvgIpc) is 2.92. The molecule has 3 rings (SSSR count). The highest BCUT2D eigenvalue weighted by molar-refractivity contribution is 6.28. The van der Waals surface area contributed by atoms with Crippen molar-refractivity contribution in [2.45, 2.75) is 31.1 Å². The van der Waals surface area contributed by atoms with Crippen molar-refractivity contribution in [3.05, 3.63) is 23.6 Å². The van der Waals surface area contributed by atoms with E-state index >= 15 is 0 Å². The fourth-order valence-corrected chi connectivity index (χ4v) is 2.96. The lowest BCUT2D eigenvalue weighted by molar-refractivity contribution is -0.0644. The Bertz CT molecular complexity index is 635. The van der Waals surface area contributed by atoms with E-state index in [2.05, 4.69) is 15.4 Å². The molecular formula is C13H17ClN4O3. The number of aromatic nitrogens is 3. The van der Waals surface area contributed by atoms with Gasteiger partial charge in [-0.05, 0) is 36.6 Å². The molecule has 21 heavy (non-hydrogen) atoms. The number of hydrogen-bond acceptors (Lipinski definition) is 6. The van der Waals surface area contributed by atoms with E-state index in [1.165, 1.54) is 0 Å². The largest absolute Gasteiger partial charge is 0.396 e. The van der Waals surface area contributed by atoms with Gasteiger partial charge in [0.25, 0.3) is 0 Å². The molecule has 2 aromatic rings. The molecule has 2 aromatic heterocycles. The number of anilines is 1. The molecule has 0 aliphatic heterocycles. The Morgan fingerprint density at radius 2 is 2.14 bits per heavy atom. The molecule has 0 amide bonds. The fraction of sp³-hybridized carbons (Fsp3) is 0.538. The van der Waals surface area contributed by atoms with Crippen LogP contribution in [-0.2, 0) is 0 Å². The van der Waals surface area contributed by atoms with Gasteiger partial charge in [-0.3, -0.25) is 0 Å². The van der Waals surface area contributed by atoms with Crippen molar-refractivity contribution < 1.29 is 15.3 Å². The SMILES string of the molecule is OCC1CC[C@H](Nc2nc(Cl)nn3cccc23)C(O)C1O. The summed E-state index contributed by atoms with van der Waals surface area (Å²) in [4.78, 5) is 4.15. The minimum atomic E-state index is -0.973. The second-order valence-corrected chi connectivity index (χ2v) is 5.66. The maximum Gasteiger partial charge on any atom is 0.243 e. The first-order valence-electron chi connectivity index (χ1n) is 6.84. The Morgan fingerprint density at radius 1 is 1.33 bits per heavy atom. The Kier molecular flexibility index (Phi) is 3.99. The van der Waals surface area contributed by atoms with Crippen molar-refractivity contribution >= 4 is 22.9 Å². The zero-order chi connectivity index (χ0) is 15.0. The van der Waals surface area contributed by atoms with Crippen molar-refractivity contribution in [1.29, 1.82) is 0 Å². The van der Waals surface area contributed by atoms with Crippen LogP contribution in [0.4, 0.5) is 5.82 Å². The Morgan fingerprint density at radius 3 is 2.90 bits per heavy atom. The number of aliphatic hydroxyl groups is 3. The molecule has 0 saturated heterocycles. The summed E-state index contributed by atoms with van der Waals surface area (Å²) in [6, 6.07) is 3.30. The molecule has 1 fully saturated rings. The third-order valence-corrected chi connectivity index (χ3v) is 4.18. The molecule has 0 spiro atoms. The summed E-state index contributed by atoms with van der Waals surface area (Å²) in [6.45, 7) is -0.132. The van der Waals surface area contributed by atoms with Crippen molar-refractivity contribution in [3.63, 3.8) is 0 Å². The molecule has 1 aliphatic rings. The molecule has 4 N–H and O–H groups in total. The van der Waals surface area contributed by atoms with E-state index in [-0.39, 0.29) is 23.9 Å². The van der Waals surface area contributed by atoms with Crippen molar-refractivity contribution in [2.24, 2.45) is 5.92 Å². The number of halogens is 1. The van der Waals surface area contributed by atoms with Crippen LogP contribution in [0, 0.1) is 5.92 Å². The summed E-state index contributed by atoms with van der Waals surface area (Å²) < 4.78 is 1.60. The molecule has 0 aromatic carbocycles. The van der Waals surface area contributed by atoms with Crippen LogP contribution >= 0.6 is 11.6 Å². The summed E-state index contributed by atoms with van der Waals surface area (Å²) in [7, 11) is 0. The maximum absolute atomic E-state index is 10.2. The summed E-state index contributed by atoms with van der Waals surface area (Å²) in [5.74, 6) is 0.221. The minimum absolute atomic E-state index is 0.0975. The Balaban J connectivity index is 1.84. The van der Waals surface area contributed by atoms with Gasteiger partial charge < -0.3 is 20.6 Å². The molecule has 114 valence electrons. The number of fused-ring (bicyclic) bond motifs is 1. The first kappa shape index (κ1) is 14.5. The predicted molar refractivity (Wildman–Crippen MR) is 77.2 cm³/mol. The molecule has 1 saturated carbocycles. The molecule has 0 bridgehead atoms. The molecule has 3 unspecified atom stereocenters. The van der Waals surface area contributed by atoms with Gasteiger partial charge >= 0.3 is 0 Å². The van der Waals surface area contributed by atoms with Crippen LogP contribution in [-0.4, -0.2) is 54.8 Å². The molecule has 1 aliphatic carbocycles. The van der Waals surface area contributed by atoms with Crippen LogP contribution in [0.2, 0.25) is 5.28 Å². The highest BCUT2D eigenvalue weighted by Gasteiger charge is 2.37. The van der Waals surface area contributed by atoms with E-state index in [9.17, 15) is 15.3 Å². The lowest BCUT2D eigenvalue weighted by Gasteiger charge is -2.37. The van der Waals surface area contributed by atoms with E-state index < -0.39 is 12.2 Å². The monoisotopic (exact) mass is 312 g/mol. The van der Waals surface area contributed by atoms with Crippen LogP contribution < -0.4 is 5.32 Å². The van der Waals surface area contributed by atoms with Crippen molar-refractivity contribution in [1.82, 2.24) is 14.6 Å². The lowest BCUT2D eigenvalue weighted by atomic mass is 9.82. The zero-order valence-electron chi connectivity index (χ0n) is 11.2. The number of nitrogens with zero attached hydrogens (tertiary/aromatic N) is 3. The first-order chi connectivity index (χ1) is 10.1. The number of rotatable bonds is 3. The fourth-order valence-electron chi connectivity index (χ4n) is 2.80. The van der Waals surface area contributed by atoms with Crippen LogP contribution in [0.25, 0.3) is 5.52 Å². The van der Waals surface area contributed by atoms with E-state index in [0.29, 0.717) is 18.7 Å². The molecule has 7 nitrogen and oxygen atoms in total. The van der Waals surface area contributed by atoms with Crippen molar-refractivity contribution in [3.8, 4) is 0 Å². The molecular weight excluding hydrogens is 296 g/mol. The molecule has 8 heteroatoms. The highest BCUT2D eigenvalue weighted by atomic mass is 35.5. The van der Waals surface area contributed by atoms with Crippen LogP contribution in [0.5, 0.6) is 0 Å². The van der Waals surface area contributed by atoms with E-state index in [4.69, 9.17) is 11.6 Å². The number of hydrogen-bond donors (Lipinski definition) is 4. The maximum atomic E-state index is 10.2. The smallest absolute Gasteiger partial charge is 0.243 e. The van der Waals surface area contributed by atoms with Crippen LogP contribution in [0.1, 0.15) is 12.8 Å². The topological polar surface area (TPSA) is 103 Å².